The first-order valence-electron chi connectivity index (χ1n) is 5.74. The molecule has 0 atom stereocenters. The monoisotopic (exact) mass is 309 g/mol. The molecule has 0 bridgehead atoms. The van der Waals surface area contributed by atoms with E-state index in [0.717, 1.165) is 11.3 Å². The Bertz CT molecular complexity index is 634. The molecule has 1 heterocycles. The van der Waals surface area contributed by atoms with Crippen LogP contribution in [0.25, 0.3) is 0 Å². The highest BCUT2D eigenvalue weighted by Gasteiger charge is 2.08. The van der Waals surface area contributed by atoms with Gasteiger partial charge in [0.05, 0.1) is 17.7 Å². The number of hydrogen-bond donors (Lipinski definition) is 1. The van der Waals surface area contributed by atoms with E-state index in [2.05, 4.69) is 4.98 Å². The Labute approximate surface area is 125 Å². The summed E-state index contributed by atoms with van der Waals surface area (Å²) in [4.78, 5) is 15.0. The highest BCUT2D eigenvalue weighted by Crippen LogP contribution is 2.29. The summed E-state index contributed by atoms with van der Waals surface area (Å²) in [6.07, 6.45) is 1.49. The zero-order chi connectivity index (χ0) is 14.5. The number of benzene rings is 1. The molecule has 1 aromatic carbocycles. The van der Waals surface area contributed by atoms with Crippen LogP contribution in [0.5, 0.6) is 5.75 Å². The summed E-state index contributed by atoms with van der Waals surface area (Å²) in [5.74, 6) is 0.380. The third kappa shape index (κ3) is 3.65. The van der Waals surface area contributed by atoms with Crippen molar-refractivity contribution in [1.82, 2.24) is 4.98 Å². The van der Waals surface area contributed by atoms with E-state index >= 15 is 0 Å². The Morgan fingerprint density at radius 1 is 1.40 bits per heavy atom. The van der Waals surface area contributed by atoms with Gasteiger partial charge in [0.1, 0.15) is 5.75 Å². The molecule has 0 radical (unpaired) electrons. The van der Waals surface area contributed by atoms with Gasteiger partial charge >= 0.3 is 5.97 Å². The van der Waals surface area contributed by atoms with Gasteiger partial charge in [0.15, 0.2) is 0 Å². The van der Waals surface area contributed by atoms with Gasteiger partial charge in [-0.05, 0) is 30.3 Å². The Morgan fingerprint density at radius 2 is 2.20 bits per heavy atom. The number of ether oxygens (including phenoxy) is 1. The maximum atomic E-state index is 10.9. The van der Waals surface area contributed by atoms with E-state index in [0.29, 0.717) is 15.8 Å². The third-order valence-electron chi connectivity index (χ3n) is 2.60. The SMILES string of the molecule is COc1ccc(Cl)cc1CSc1cc(C(=O)O)ccn1. The molecule has 1 aromatic heterocycles. The predicted molar refractivity (Wildman–Crippen MR) is 78.8 cm³/mol. The van der Waals surface area contributed by atoms with Crippen LogP contribution in [-0.2, 0) is 5.75 Å². The molecule has 2 aromatic rings. The summed E-state index contributed by atoms with van der Waals surface area (Å²) in [5.41, 5.74) is 1.16. The maximum Gasteiger partial charge on any atom is 0.335 e. The minimum atomic E-state index is -0.963. The van der Waals surface area contributed by atoms with Crippen molar-refractivity contribution >= 4 is 29.3 Å². The fraction of sp³-hybridized carbons (Fsp3) is 0.143. The van der Waals surface area contributed by atoms with Crippen LogP contribution in [0.3, 0.4) is 0 Å². The minimum absolute atomic E-state index is 0.223. The summed E-state index contributed by atoms with van der Waals surface area (Å²) < 4.78 is 5.26. The summed E-state index contributed by atoms with van der Waals surface area (Å²) in [7, 11) is 1.60. The quantitative estimate of drug-likeness (QED) is 0.853. The van der Waals surface area contributed by atoms with Crippen LogP contribution >= 0.6 is 23.4 Å². The number of methoxy groups -OCH3 is 1. The molecule has 0 amide bonds. The van der Waals surface area contributed by atoms with Gasteiger partial charge in [-0.25, -0.2) is 9.78 Å². The first kappa shape index (κ1) is 14.7. The average molecular weight is 310 g/mol. The number of hydrogen-bond acceptors (Lipinski definition) is 4. The standard InChI is InChI=1S/C14H12ClNO3S/c1-19-12-3-2-11(15)6-10(12)8-20-13-7-9(14(17)18)4-5-16-13/h2-7H,8H2,1H3,(H,17,18). The average Bonchev–Trinajstić information content (AvgIpc) is 2.45. The van der Waals surface area contributed by atoms with E-state index in [9.17, 15) is 4.79 Å². The van der Waals surface area contributed by atoms with Crippen LogP contribution in [0, 0.1) is 0 Å². The molecule has 2 rings (SSSR count). The van der Waals surface area contributed by atoms with Crippen molar-refractivity contribution in [3.05, 3.63) is 52.7 Å². The number of rotatable bonds is 5. The van der Waals surface area contributed by atoms with Gasteiger partial charge in [-0.1, -0.05) is 11.6 Å². The Kier molecular flexibility index (Phi) is 4.87. The smallest absolute Gasteiger partial charge is 0.335 e. The number of nitrogens with zero attached hydrogens (tertiary/aromatic N) is 1. The van der Waals surface area contributed by atoms with Crippen LogP contribution in [0.15, 0.2) is 41.6 Å². The highest BCUT2D eigenvalue weighted by molar-refractivity contribution is 7.98. The lowest BCUT2D eigenvalue weighted by Gasteiger charge is -2.08. The van der Waals surface area contributed by atoms with Gasteiger partial charge in [0, 0.05) is 22.5 Å². The zero-order valence-corrected chi connectivity index (χ0v) is 12.2. The van der Waals surface area contributed by atoms with Crippen molar-refractivity contribution in [1.29, 1.82) is 0 Å². The summed E-state index contributed by atoms with van der Waals surface area (Å²) in [6.45, 7) is 0. The van der Waals surface area contributed by atoms with E-state index in [1.165, 1.54) is 24.0 Å². The molecule has 0 aliphatic rings. The molecule has 0 aliphatic heterocycles. The molecule has 104 valence electrons. The van der Waals surface area contributed by atoms with Crippen LogP contribution in [0.2, 0.25) is 5.02 Å². The molecule has 0 saturated heterocycles. The van der Waals surface area contributed by atoms with Crippen molar-refractivity contribution < 1.29 is 14.6 Å². The molecule has 6 heteroatoms. The number of carboxylic acids is 1. The lowest BCUT2D eigenvalue weighted by molar-refractivity contribution is 0.0696. The first-order chi connectivity index (χ1) is 9.60. The van der Waals surface area contributed by atoms with Gasteiger partial charge in [-0.15, -0.1) is 11.8 Å². The fourth-order valence-corrected chi connectivity index (χ4v) is 2.70. The zero-order valence-electron chi connectivity index (χ0n) is 10.7. The summed E-state index contributed by atoms with van der Waals surface area (Å²) in [5, 5.41) is 10.2. The van der Waals surface area contributed by atoms with Crippen molar-refractivity contribution in [3.8, 4) is 5.75 Å². The lowest BCUT2D eigenvalue weighted by atomic mass is 10.2. The van der Waals surface area contributed by atoms with Crippen LogP contribution in [0.4, 0.5) is 0 Å². The number of thioether (sulfide) groups is 1. The summed E-state index contributed by atoms with van der Waals surface area (Å²) >= 11 is 7.39. The van der Waals surface area contributed by atoms with Crippen molar-refractivity contribution in [2.24, 2.45) is 0 Å². The first-order valence-corrected chi connectivity index (χ1v) is 7.11. The second-order valence-electron chi connectivity index (χ2n) is 3.93. The second-order valence-corrected chi connectivity index (χ2v) is 5.36. The molecular formula is C14H12ClNO3S. The van der Waals surface area contributed by atoms with E-state index in [4.69, 9.17) is 21.4 Å². The second kappa shape index (κ2) is 6.63. The van der Waals surface area contributed by atoms with E-state index in [1.807, 2.05) is 6.07 Å². The maximum absolute atomic E-state index is 10.9. The Hall–Kier alpha value is -1.72. The third-order valence-corrected chi connectivity index (χ3v) is 3.81. The number of aromatic nitrogens is 1. The Morgan fingerprint density at radius 3 is 2.90 bits per heavy atom. The number of carboxylic acid groups (broad SMARTS) is 1. The number of halogens is 1. The van der Waals surface area contributed by atoms with Gasteiger partial charge in [0.2, 0.25) is 0 Å². The lowest BCUT2D eigenvalue weighted by Crippen LogP contribution is -1.97. The molecule has 0 unspecified atom stereocenters. The molecule has 1 N–H and O–H groups in total. The number of aromatic carboxylic acids is 1. The molecule has 0 aliphatic carbocycles. The van der Waals surface area contributed by atoms with Crippen molar-refractivity contribution in [3.63, 3.8) is 0 Å². The molecule has 0 saturated carbocycles. The van der Waals surface area contributed by atoms with Crippen LogP contribution in [-0.4, -0.2) is 23.2 Å². The molecule has 20 heavy (non-hydrogen) atoms. The summed E-state index contributed by atoms with van der Waals surface area (Å²) in [6, 6.07) is 8.40. The fourth-order valence-electron chi connectivity index (χ4n) is 1.63. The topological polar surface area (TPSA) is 59.4 Å². The van der Waals surface area contributed by atoms with Gasteiger partial charge in [-0.3, -0.25) is 0 Å². The van der Waals surface area contributed by atoms with Crippen LogP contribution in [0.1, 0.15) is 15.9 Å². The van der Waals surface area contributed by atoms with Crippen molar-refractivity contribution in [2.45, 2.75) is 10.8 Å². The minimum Gasteiger partial charge on any atom is -0.496 e. The number of carbonyl (C=O) groups is 1. The normalized spacial score (nSPS) is 10.3. The number of pyridine rings is 1. The molecule has 4 nitrogen and oxygen atoms in total. The van der Waals surface area contributed by atoms with Gasteiger partial charge < -0.3 is 9.84 Å². The van der Waals surface area contributed by atoms with E-state index in [1.54, 1.807) is 25.3 Å². The van der Waals surface area contributed by atoms with E-state index in [-0.39, 0.29) is 5.56 Å². The predicted octanol–water partition coefficient (Wildman–Crippen LogP) is 3.73. The van der Waals surface area contributed by atoms with Crippen molar-refractivity contribution in [2.75, 3.05) is 7.11 Å². The molecular weight excluding hydrogens is 298 g/mol. The molecule has 0 fully saturated rings. The highest BCUT2D eigenvalue weighted by atomic mass is 35.5. The van der Waals surface area contributed by atoms with Gasteiger partial charge in [0.25, 0.3) is 0 Å². The molecule has 0 spiro atoms. The van der Waals surface area contributed by atoms with Gasteiger partial charge in [-0.2, -0.15) is 0 Å². The largest absolute Gasteiger partial charge is 0.496 e. The Balaban J connectivity index is 2.14. The van der Waals surface area contributed by atoms with Crippen LogP contribution < -0.4 is 4.74 Å². The van der Waals surface area contributed by atoms with E-state index < -0.39 is 5.97 Å².